The topological polar surface area (TPSA) is 83.5 Å². The van der Waals surface area contributed by atoms with Crippen molar-refractivity contribution in [3.63, 3.8) is 0 Å². The molecule has 5 heteroatoms. The van der Waals surface area contributed by atoms with Crippen molar-refractivity contribution < 1.29 is 19.5 Å². The van der Waals surface area contributed by atoms with Crippen LogP contribution < -0.4 is 5.32 Å². The van der Waals surface area contributed by atoms with Gasteiger partial charge in [-0.2, -0.15) is 0 Å². The van der Waals surface area contributed by atoms with Crippen LogP contribution in [0.15, 0.2) is 12.1 Å². The van der Waals surface area contributed by atoms with Gasteiger partial charge in [0.1, 0.15) is 6.04 Å². The number of ketones is 1. The predicted octanol–water partition coefficient (Wildman–Crippen LogP) is 2.35. The van der Waals surface area contributed by atoms with E-state index in [0.717, 1.165) is 11.1 Å². The molecule has 2 N–H and O–H groups in total. The maximum Gasteiger partial charge on any atom is 0.326 e. The van der Waals surface area contributed by atoms with E-state index in [-0.39, 0.29) is 11.7 Å². The van der Waals surface area contributed by atoms with Crippen LogP contribution in [-0.4, -0.2) is 28.8 Å². The average Bonchev–Trinajstić information content (AvgIpc) is 2.84. The molecule has 0 unspecified atom stereocenters. The Morgan fingerprint density at radius 1 is 1.32 bits per heavy atom. The zero-order chi connectivity index (χ0) is 16.4. The van der Waals surface area contributed by atoms with Gasteiger partial charge in [0.2, 0.25) is 0 Å². The van der Waals surface area contributed by atoms with E-state index >= 15 is 0 Å². The Hall–Kier alpha value is -2.17. The van der Waals surface area contributed by atoms with E-state index in [1.807, 2.05) is 13.8 Å². The third-order valence-electron chi connectivity index (χ3n) is 4.31. The van der Waals surface area contributed by atoms with Gasteiger partial charge in [0.25, 0.3) is 5.91 Å². The number of rotatable bonds is 5. The van der Waals surface area contributed by atoms with E-state index in [0.29, 0.717) is 30.4 Å². The number of hydrogen-bond donors (Lipinski definition) is 2. The summed E-state index contributed by atoms with van der Waals surface area (Å²) in [6.07, 6.45) is 1.60. The standard InChI is InChI=1S/C17H21NO4/c1-4-10(3)15(17(21)22)18-16(20)13-8-9(2)7-12-11(13)5-6-14(12)19/h7-8,10,15H,4-6H2,1-3H3,(H,18,20)(H,21,22)/t10-,15-/m0/s1. The zero-order valence-corrected chi connectivity index (χ0v) is 13.1. The number of hydrogen-bond acceptors (Lipinski definition) is 3. The van der Waals surface area contributed by atoms with E-state index in [1.165, 1.54) is 0 Å². The molecule has 118 valence electrons. The van der Waals surface area contributed by atoms with Crippen molar-refractivity contribution in [3.05, 3.63) is 34.4 Å². The largest absolute Gasteiger partial charge is 0.480 e. The highest BCUT2D eigenvalue weighted by Gasteiger charge is 2.29. The van der Waals surface area contributed by atoms with Gasteiger partial charge in [0.15, 0.2) is 5.78 Å². The second-order valence-electron chi connectivity index (χ2n) is 5.94. The number of benzene rings is 1. The number of carboxylic acids is 1. The average molecular weight is 303 g/mol. The minimum absolute atomic E-state index is 0.0458. The second kappa shape index (κ2) is 6.30. The van der Waals surface area contributed by atoms with Crippen LogP contribution in [0.4, 0.5) is 0 Å². The Morgan fingerprint density at radius 3 is 2.59 bits per heavy atom. The lowest BCUT2D eigenvalue weighted by Crippen LogP contribution is -2.45. The van der Waals surface area contributed by atoms with Crippen molar-refractivity contribution in [2.24, 2.45) is 5.92 Å². The van der Waals surface area contributed by atoms with Crippen molar-refractivity contribution in [3.8, 4) is 0 Å². The van der Waals surface area contributed by atoms with E-state index in [9.17, 15) is 19.5 Å². The molecule has 0 heterocycles. The fourth-order valence-corrected chi connectivity index (χ4v) is 2.81. The summed E-state index contributed by atoms with van der Waals surface area (Å²) in [4.78, 5) is 35.7. The number of Topliss-reactive ketones (excluding diaryl/α,β-unsaturated/α-hetero) is 1. The van der Waals surface area contributed by atoms with Gasteiger partial charge in [0, 0.05) is 17.5 Å². The first-order valence-corrected chi connectivity index (χ1v) is 7.55. The number of carbonyl (C=O) groups excluding carboxylic acids is 2. The number of aliphatic carboxylic acids is 1. The van der Waals surface area contributed by atoms with Crippen LogP contribution in [0, 0.1) is 12.8 Å². The van der Waals surface area contributed by atoms with Gasteiger partial charge in [-0.1, -0.05) is 20.3 Å². The summed E-state index contributed by atoms with van der Waals surface area (Å²) in [6, 6.07) is 2.60. The van der Waals surface area contributed by atoms with Crippen LogP contribution in [0.5, 0.6) is 0 Å². The lowest BCUT2D eigenvalue weighted by Gasteiger charge is -2.21. The maximum absolute atomic E-state index is 12.5. The first-order chi connectivity index (χ1) is 10.3. The first-order valence-electron chi connectivity index (χ1n) is 7.55. The molecule has 0 saturated carbocycles. The van der Waals surface area contributed by atoms with E-state index < -0.39 is 17.9 Å². The summed E-state index contributed by atoms with van der Waals surface area (Å²) < 4.78 is 0. The molecule has 1 aliphatic carbocycles. The van der Waals surface area contributed by atoms with Crippen LogP contribution in [0.1, 0.15) is 58.5 Å². The van der Waals surface area contributed by atoms with Gasteiger partial charge in [-0.15, -0.1) is 0 Å². The molecule has 1 aliphatic rings. The van der Waals surface area contributed by atoms with Crippen molar-refractivity contribution in [2.75, 3.05) is 0 Å². The smallest absolute Gasteiger partial charge is 0.326 e. The molecule has 1 aromatic rings. The zero-order valence-electron chi connectivity index (χ0n) is 13.1. The highest BCUT2D eigenvalue weighted by molar-refractivity contribution is 6.06. The molecule has 0 spiro atoms. The highest BCUT2D eigenvalue weighted by atomic mass is 16.4. The molecule has 0 aliphatic heterocycles. The molecule has 2 rings (SSSR count). The van der Waals surface area contributed by atoms with Gasteiger partial charge in [-0.05, 0) is 42.5 Å². The molecule has 1 amide bonds. The molecule has 0 saturated heterocycles. The lowest BCUT2D eigenvalue weighted by atomic mass is 9.96. The second-order valence-corrected chi connectivity index (χ2v) is 5.94. The van der Waals surface area contributed by atoms with E-state index in [4.69, 9.17) is 0 Å². The summed E-state index contributed by atoms with van der Waals surface area (Å²) in [5.41, 5.74) is 2.59. The van der Waals surface area contributed by atoms with Gasteiger partial charge >= 0.3 is 5.97 Å². The fraction of sp³-hybridized carbons (Fsp3) is 0.471. The Kier molecular flexibility index (Phi) is 4.64. The summed E-state index contributed by atoms with van der Waals surface area (Å²) >= 11 is 0. The number of amides is 1. The normalized spacial score (nSPS) is 16.0. The number of fused-ring (bicyclic) bond motifs is 1. The number of aryl methyl sites for hydroxylation is 1. The number of carboxylic acid groups (broad SMARTS) is 1. The summed E-state index contributed by atoms with van der Waals surface area (Å²) in [5.74, 6) is -1.57. The molecule has 0 bridgehead atoms. The highest BCUT2D eigenvalue weighted by Crippen LogP contribution is 2.27. The molecule has 0 radical (unpaired) electrons. The SMILES string of the molecule is CC[C@H](C)[C@H](NC(=O)c1cc(C)cc2c1CCC2=O)C(=O)O. The quantitative estimate of drug-likeness (QED) is 0.874. The van der Waals surface area contributed by atoms with Gasteiger partial charge < -0.3 is 10.4 Å². The monoisotopic (exact) mass is 303 g/mol. The van der Waals surface area contributed by atoms with Crippen molar-refractivity contribution in [1.82, 2.24) is 5.32 Å². The Labute approximate surface area is 129 Å². The van der Waals surface area contributed by atoms with Crippen LogP contribution in [0.2, 0.25) is 0 Å². The Balaban J connectivity index is 2.32. The molecule has 1 aromatic carbocycles. The predicted molar refractivity (Wildman–Crippen MR) is 82.2 cm³/mol. The molecule has 2 atom stereocenters. The van der Waals surface area contributed by atoms with Crippen molar-refractivity contribution in [1.29, 1.82) is 0 Å². The third kappa shape index (κ3) is 3.03. The maximum atomic E-state index is 12.5. The summed E-state index contributed by atoms with van der Waals surface area (Å²) in [6.45, 7) is 5.51. The molecular weight excluding hydrogens is 282 g/mol. The Bertz CT molecular complexity index is 636. The van der Waals surface area contributed by atoms with Gasteiger partial charge in [-0.25, -0.2) is 4.79 Å². The van der Waals surface area contributed by atoms with Crippen molar-refractivity contribution in [2.45, 2.75) is 46.1 Å². The molecule has 22 heavy (non-hydrogen) atoms. The van der Waals surface area contributed by atoms with Crippen LogP contribution in [-0.2, 0) is 11.2 Å². The first kappa shape index (κ1) is 16.2. The van der Waals surface area contributed by atoms with Crippen LogP contribution >= 0.6 is 0 Å². The third-order valence-corrected chi connectivity index (χ3v) is 4.31. The van der Waals surface area contributed by atoms with Crippen LogP contribution in [0.25, 0.3) is 0 Å². The minimum Gasteiger partial charge on any atom is -0.480 e. The summed E-state index contributed by atoms with van der Waals surface area (Å²) in [7, 11) is 0. The van der Waals surface area contributed by atoms with E-state index in [1.54, 1.807) is 19.1 Å². The van der Waals surface area contributed by atoms with Gasteiger partial charge in [0.05, 0.1) is 0 Å². The molecule has 5 nitrogen and oxygen atoms in total. The fourth-order valence-electron chi connectivity index (χ4n) is 2.81. The molecule has 0 aromatic heterocycles. The van der Waals surface area contributed by atoms with Crippen molar-refractivity contribution >= 4 is 17.7 Å². The molecular formula is C17H21NO4. The minimum atomic E-state index is -1.04. The molecule has 0 fully saturated rings. The lowest BCUT2D eigenvalue weighted by molar-refractivity contribution is -0.140. The Morgan fingerprint density at radius 2 is 2.00 bits per heavy atom. The van der Waals surface area contributed by atoms with Crippen LogP contribution in [0.3, 0.4) is 0 Å². The summed E-state index contributed by atoms with van der Waals surface area (Å²) in [5, 5.41) is 11.9. The number of carbonyl (C=O) groups is 3. The van der Waals surface area contributed by atoms with E-state index in [2.05, 4.69) is 5.32 Å². The number of nitrogens with one attached hydrogen (secondary N) is 1. The van der Waals surface area contributed by atoms with Gasteiger partial charge in [-0.3, -0.25) is 9.59 Å².